The van der Waals surface area contributed by atoms with Crippen LogP contribution in [0, 0.1) is 0 Å². The minimum atomic E-state index is -0.387. The predicted octanol–water partition coefficient (Wildman–Crippen LogP) is 5.67. The Bertz CT molecular complexity index is 423. The smallest absolute Gasteiger partial charge is 0.325 e. The van der Waals surface area contributed by atoms with Gasteiger partial charge in [0.15, 0.2) is 0 Å². The van der Waals surface area contributed by atoms with Crippen molar-refractivity contribution in [2.24, 2.45) is 0 Å². The third-order valence-corrected chi connectivity index (χ3v) is 4.99. The summed E-state index contributed by atoms with van der Waals surface area (Å²) in [5.74, 6) is -0.381. The lowest BCUT2D eigenvalue weighted by Crippen LogP contribution is -2.33. The Balaban J connectivity index is 3.45. The van der Waals surface area contributed by atoms with Gasteiger partial charge in [0, 0.05) is 20.6 Å². The van der Waals surface area contributed by atoms with Crippen LogP contribution in [-0.4, -0.2) is 50.7 Å². The first-order chi connectivity index (χ1) is 14.1. The number of amides is 1. The van der Waals surface area contributed by atoms with E-state index in [4.69, 9.17) is 9.47 Å². The third kappa shape index (κ3) is 19.7. The van der Waals surface area contributed by atoms with E-state index in [1.165, 1.54) is 75.5 Å². The van der Waals surface area contributed by atoms with Crippen LogP contribution < -0.4 is 0 Å². The van der Waals surface area contributed by atoms with Crippen molar-refractivity contribution < 1.29 is 19.1 Å². The minimum absolute atomic E-state index is 0.00585. The van der Waals surface area contributed by atoms with Crippen molar-refractivity contribution in [3.8, 4) is 0 Å². The molecule has 0 saturated heterocycles. The number of unbranched alkanes of at least 4 members (excludes halogenated alkanes) is 11. The number of ether oxygens (including phenoxy) is 2. The highest BCUT2D eigenvalue weighted by Gasteiger charge is 2.13. The van der Waals surface area contributed by atoms with Crippen LogP contribution in [0.1, 0.15) is 96.8 Å². The van der Waals surface area contributed by atoms with Crippen LogP contribution >= 0.6 is 0 Å². The summed E-state index contributed by atoms with van der Waals surface area (Å²) < 4.78 is 9.79. The van der Waals surface area contributed by atoms with E-state index >= 15 is 0 Å². The first kappa shape index (κ1) is 27.6. The molecule has 0 aromatic carbocycles. The van der Waals surface area contributed by atoms with Gasteiger partial charge in [0.25, 0.3) is 0 Å². The predicted molar refractivity (Wildman–Crippen MR) is 120 cm³/mol. The van der Waals surface area contributed by atoms with E-state index in [0.29, 0.717) is 13.0 Å². The number of rotatable bonds is 20. The molecule has 5 heteroatoms. The number of nitrogens with zero attached hydrogens (tertiary/aromatic N) is 1. The van der Waals surface area contributed by atoms with Gasteiger partial charge >= 0.3 is 5.97 Å². The van der Waals surface area contributed by atoms with Crippen molar-refractivity contribution in [2.45, 2.75) is 96.8 Å². The molecular formula is C24H45NO4. The van der Waals surface area contributed by atoms with Crippen LogP contribution in [0.2, 0.25) is 0 Å². The molecule has 0 fully saturated rings. The summed E-state index contributed by atoms with van der Waals surface area (Å²) in [6, 6.07) is 0. The number of hydrogen-bond acceptors (Lipinski definition) is 4. The zero-order chi connectivity index (χ0) is 21.6. The average molecular weight is 412 g/mol. The lowest BCUT2D eigenvalue weighted by molar-refractivity contribution is -0.149. The molecule has 0 radical (unpaired) electrons. The van der Waals surface area contributed by atoms with Crippen molar-refractivity contribution in [3.63, 3.8) is 0 Å². The number of esters is 1. The molecule has 170 valence electrons. The van der Waals surface area contributed by atoms with Gasteiger partial charge in [0.1, 0.15) is 13.2 Å². The Kier molecular flexibility index (Phi) is 20.3. The SMILES string of the molecule is CCCCCCCC/C=C\CCCCCCCC(=O)N(C)CC(=O)OCCOC. The summed E-state index contributed by atoms with van der Waals surface area (Å²) in [5, 5.41) is 0. The first-order valence-corrected chi connectivity index (χ1v) is 11.6. The van der Waals surface area contributed by atoms with Crippen LogP contribution in [0.15, 0.2) is 12.2 Å². The van der Waals surface area contributed by atoms with Gasteiger partial charge in [-0.3, -0.25) is 9.59 Å². The second kappa shape index (κ2) is 21.4. The number of allylic oxidation sites excluding steroid dienone is 2. The zero-order valence-electron chi connectivity index (χ0n) is 19.3. The molecule has 0 aliphatic rings. The van der Waals surface area contributed by atoms with Crippen LogP contribution in [0.25, 0.3) is 0 Å². The number of carbonyl (C=O) groups excluding carboxylic acids is 2. The van der Waals surface area contributed by atoms with Gasteiger partial charge in [-0.2, -0.15) is 0 Å². The van der Waals surface area contributed by atoms with E-state index in [9.17, 15) is 9.59 Å². The third-order valence-electron chi connectivity index (χ3n) is 4.99. The molecule has 0 rings (SSSR count). The minimum Gasteiger partial charge on any atom is -0.462 e. The first-order valence-electron chi connectivity index (χ1n) is 11.6. The summed E-state index contributed by atoms with van der Waals surface area (Å²) in [4.78, 5) is 25.0. The van der Waals surface area contributed by atoms with E-state index in [2.05, 4.69) is 19.1 Å². The molecule has 0 aromatic heterocycles. The molecule has 0 spiro atoms. The fourth-order valence-corrected chi connectivity index (χ4v) is 3.10. The Morgan fingerprint density at radius 2 is 1.34 bits per heavy atom. The molecule has 0 bridgehead atoms. The highest BCUT2D eigenvalue weighted by molar-refractivity contribution is 5.81. The van der Waals surface area contributed by atoms with E-state index in [1.807, 2.05) is 0 Å². The summed E-state index contributed by atoms with van der Waals surface area (Å²) in [6.45, 7) is 2.87. The fourth-order valence-electron chi connectivity index (χ4n) is 3.10. The molecule has 0 saturated carbocycles. The standard InChI is InChI=1S/C24H45NO4/c1-4-5-6-7-8-9-10-11-12-13-14-15-16-17-18-19-23(26)25(2)22-24(27)29-21-20-28-3/h11-12H,4-10,13-22H2,1-3H3/b12-11-. The Hall–Kier alpha value is -1.36. The maximum Gasteiger partial charge on any atom is 0.325 e. The maximum absolute atomic E-state index is 12.0. The molecule has 0 aromatic rings. The second-order valence-electron chi connectivity index (χ2n) is 7.80. The van der Waals surface area contributed by atoms with Gasteiger partial charge in [-0.15, -0.1) is 0 Å². The van der Waals surface area contributed by atoms with Crippen LogP contribution in [0.5, 0.6) is 0 Å². The second-order valence-corrected chi connectivity index (χ2v) is 7.80. The van der Waals surface area contributed by atoms with Gasteiger partial charge in [0.05, 0.1) is 6.61 Å². The molecule has 29 heavy (non-hydrogen) atoms. The molecule has 0 aliphatic carbocycles. The summed E-state index contributed by atoms with van der Waals surface area (Å²) in [6.07, 6.45) is 21.3. The van der Waals surface area contributed by atoms with Crippen molar-refractivity contribution in [2.75, 3.05) is 33.9 Å². The van der Waals surface area contributed by atoms with Gasteiger partial charge in [-0.1, -0.05) is 70.4 Å². The number of likely N-dealkylation sites (N-methyl/N-ethyl adjacent to an activating group) is 1. The van der Waals surface area contributed by atoms with Gasteiger partial charge < -0.3 is 14.4 Å². The lowest BCUT2D eigenvalue weighted by Gasteiger charge is -2.16. The summed E-state index contributed by atoms with van der Waals surface area (Å²) in [5.41, 5.74) is 0. The van der Waals surface area contributed by atoms with Gasteiger partial charge in [-0.05, 0) is 32.1 Å². The van der Waals surface area contributed by atoms with Crippen molar-refractivity contribution >= 4 is 11.9 Å². The number of hydrogen-bond donors (Lipinski definition) is 0. The average Bonchev–Trinajstić information content (AvgIpc) is 2.70. The lowest BCUT2D eigenvalue weighted by atomic mass is 10.1. The van der Waals surface area contributed by atoms with Crippen LogP contribution in [0.4, 0.5) is 0 Å². The Labute approximate surface area is 179 Å². The zero-order valence-corrected chi connectivity index (χ0v) is 19.3. The van der Waals surface area contributed by atoms with Crippen LogP contribution in [0.3, 0.4) is 0 Å². The molecule has 0 N–H and O–H groups in total. The molecule has 0 unspecified atom stereocenters. The maximum atomic E-state index is 12.0. The largest absolute Gasteiger partial charge is 0.462 e. The normalized spacial score (nSPS) is 11.1. The van der Waals surface area contributed by atoms with Crippen molar-refractivity contribution in [3.05, 3.63) is 12.2 Å². The Morgan fingerprint density at radius 3 is 1.93 bits per heavy atom. The molecule has 0 aliphatic heterocycles. The van der Waals surface area contributed by atoms with Gasteiger partial charge in [0.2, 0.25) is 5.91 Å². The Morgan fingerprint density at radius 1 is 0.793 bits per heavy atom. The highest BCUT2D eigenvalue weighted by atomic mass is 16.6. The monoisotopic (exact) mass is 411 g/mol. The van der Waals surface area contributed by atoms with E-state index in [-0.39, 0.29) is 25.0 Å². The van der Waals surface area contributed by atoms with Crippen molar-refractivity contribution in [1.29, 1.82) is 0 Å². The van der Waals surface area contributed by atoms with Crippen LogP contribution in [-0.2, 0) is 19.1 Å². The molecule has 0 heterocycles. The van der Waals surface area contributed by atoms with Gasteiger partial charge in [-0.25, -0.2) is 0 Å². The van der Waals surface area contributed by atoms with Crippen molar-refractivity contribution in [1.82, 2.24) is 4.90 Å². The fraction of sp³-hybridized carbons (Fsp3) is 0.833. The molecule has 5 nitrogen and oxygen atoms in total. The number of methoxy groups -OCH3 is 1. The van der Waals surface area contributed by atoms with E-state index < -0.39 is 0 Å². The topological polar surface area (TPSA) is 55.8 Å². The summed E-state index contributed by atoms with van der Waals surface area (Å²) in [7, 11) is 3.20. The van der Waals surface area contributed by atoms with E-state index in [1.54, 1.807) is 14.2 Å². The molecule has 0 atom stereocenters. The summed E-state index contributed by atoms with van der Waals surface area (Å²) >= 11 is 0. The van der Waals surface area contributed by atoms with E-state index in [0.717, 1.165) is 12.8 Å². The quantitative estimate of drug-likeness (QED) is 0.147. The number of carbonyl (C=O) groups is 2. The molecular weight excluding hydrogens is 366 g/mol. The highest BCUT2D eigenvalue weighted by Crippen LogP contribution is 2.10. The molecule has 1 amide bonds.